The van der Waals surface area contributed by atoms with Gasteiger partial charge in [-0.05, 0) is 42.0 Å². The number of halogens is 2. The summed E-state index contributed by atoms with van der Waals surface area (Å²) in [4.78, 5) is 35.1. The van der Waals surface area contributed by atoms with Crippen LogP contribution < -0.4 is 0 Å². The van der Waals surface area contributed by atoms with Crippen molar-refractivity contribution in [3.63, 3.8) is 0 Å². The number of rotatable bonds is 7. The molecule has 2 N–H and O–H groups in total. The third-order valence-electron chi connectivity index (χ3n) is 3.80. The molecule has 1 unspecified atom stereocenters. The van der Waals surface area contributed by atoms with Gasteiger partial charge in [-0.2, -0.15) is 0 Å². The van der Waals surface area contributed by atoms with Crippen molar-refractivity contribution in [3.05, 3.63) is 71.3 Å². The lowest BCUT2D eigenvalue weighted by molar-refractivity contribution is -0.155. The number of ketones is 1. The van der Waals surface area contributed by atoms with E-state index in [1.165, 1.54) is 24.3 Å². The van der Waals surface area contributed by atoms with Gasteiger partial charge in [-0.3, -0.25) is 14.4 Å². The fourth-order valence-electron chi connectivity index (χ4n) is 2.54. The van der Waals surface area contributed by atoms with Gasteiger partial charge in [-0.25, -0.2) is 8.78 Å². The van der Waals surface area contributed by atoms with Gasteiger partial charge in [0, 0.05) is 17.9 Å². The standard InChI is InChI=1S/C18H14F2O5/c19-12-5-1-10(2-6-12)14(16(17(22)23)18(24)25)9-15(21)11-3-7-13(20)8-4-11/h1-8,14,16H,9H2,(H,22,23)(H,24,25). The average molecular weight is 348 g/mol. The summed E-state index contributed by atoms with van der Waals surface area (Å²) in [6, 6.07) is 9.23. The Morgan fingerprint density at radius 3 is 1.68 bits per heavy atom. The number of Topliss-reactive ketones (excluding diaryl/α,β-unsaturated/α-hetero) is 1. The van der Waals surface area contributed by atoms with Gasteiger partial charge in [0.1, 0.15) is 11.6 Å². The molecule has 2 aromatic rings. The quantitative estimate of drug-likeness (QED) is 0.592. The number of carboxylic acid groups (broad SMARTS) is 2. The van der Waals surface area contributed by atoms with Crippen molar-refractivity contribution in [3.8, 4) is 0 Å². The first-order valence-corrected chi connectivity index (χ1v) is 7.29. The van der Waals surface area contributed by atoms with Crippen LogP contribution in [-0.2, 0) is 9.59 Å². The van der Waals surface area contributed by atoms with Crippen LogP contribution in [0.2, 0.25) is 0 Å². The Bertz CT molecular complexity index is 770. The van der Waals surface area contributed by atoms with Crippen molar-refractivity contribution in [1.29, 1.82) is 0 Å². The van der Waals surface area contributed by atoms with E-state index >= 15 is 0 Å². The summed E-state index contributed by atoms with van der Waals surface area (Å²) in [6.07, 6.45) is -0.430. The minimum atomic E-state index is -1.88. The molecule has 0 heterocycles. The molecule has 0 aromatic heterocycles. The van der Waals surface area contributed by atoms with Crippen molar-refractivity contribution >= 4 is 17.7 Å². The molecule has 0 aliphatic carbocycles. The maximum absolute atomic E-state index is 13.1. The Balaban J connectivity index is 2.38. The monoisotopic (exact) mass is 348 g/mol. The van der Waals surface area contributed by atoms with E-state index in [9.17, 15) is 33.4 Å². The summed E-state index contributed by atoms with van der Waals surface area (Å²) in [5.74, 6) is -7.94. The van der Waals surface area contributed by atoms with Crippen LogP contribution in [-0.4, -0.2) is 27.9 Å². The molecule has 0 bridgehead atoms. The topological polar surface area (TPSA) is 91.7 Å². The molecule has 25 heavy (non-hydrogen) atoms. The first kappa shape index (κ1) is 18.3. The molecule has 130 valence electrons. The van der Waals surface area contributed by atoms with Crippen LogP contribution in [0, 0.1) is 17.6 Å². The van der Waals surface area contributed by atoms with Gasteiger partial charge in [0.15, 0.2) is 11.7 Å². The maximum Gasteiger partial charge on any atom is 0.318 e. The highest BCUT2D eigenvalue weighted by atomic mass is 19.1. The van der Waals surface area contributed by atoms with Crippen LogP contribution in [0.25, 0.3) is 0 Å². The van der Waals surface area contributed by atoms with E-state index in [0.717, 1.165) is 24.3 Å². The molecule has 0 saturated carbocycles. The van der Waals surface area contributed by atoms with Gasteiger partial charge in [0.2, 0.25) is 0 Å². The first-order valence-electron chi connectivity index (χ1n) is 7.29. The molecular formula is C18H14F2O5. The zero-order valence-corrected chi connectivity index (χ0v) is 12.9. The molecule has 7 heteroatoms. The van der Waals surface area contributed by atoms with E-state index in [0.29, 0.717) is 0 Å². The van der Waals surface area contributed by atoms with Gasteiger partial charge in [-0.1, -0.05) is 12.1 Å². The largest absolute Gasteiger partial charge is 0.481 e. The van der Waals surface area contributed by atoms with Crippen LogP contribution >= 0.6 is 0 Å². The number of carbonyl (C=O) groups is 3. The highest BCUT2D eigenvalue weighted by Crippen LogP contribution is 2.31. The lowest BCUT2D eigenvalue weighted by Gasteiger charge is -2.21. The summed E-state index contributed by atoms with van der Waals surface area (Å²) in [6.45, 7) is 0. The summed E-state index contributed by atoms with van der Waals surface area (Å²) in [5, 5.41) is 18.5. The molecule has 0 amide bonds. The Kier molecular flexibility index (Phi) is 5.59. The molecule has 0 spiro atoms. The van der Waals surface area contributed by atoms with Crippen molar-refractivity contribution in [1.82, 2.24) is 0 Å². The predicted octanol–water partition coefficient (Wildman–Crippen LogP) is 3.11. The van der Waals surface area contributed by atoms with E-state index in [4.69, 9.17) is 0 Å². The molecule has 0 aliphatic heterocycles. The molecule has 2 rings (SSSR count). The predicted molar refractivity (Wildman–Crippen MR) is 83.3 cm³/mol. The van der Waals surface area contributed by atoms with E-state index < -0.39 is 47.6 Å². The zero-order chi connectivity index (χ0) is 18.6. The smallest absolute Gasteiger partial charge is 0.318 e. The van der Waals surface area contributed by atoms with E-state index in [1.54, 1.807) is 0 Å². The van der Waals surface area contributed by atoms with Gasteiger partial charge in [0.25, 0.3) is 0 Å². The summed E-state index contributed by atoms with van der Waals surface area (Å²) in [5.41, 5.74) is 0.342. The average Bonchev–Trinajstić information content (AvgIpc) is 2.54. The Labute approximate surface area is 141 Å². The fourth-order valence-corrected chi connectivity index (χ4v) is 2.54. The second kappa shape index (κ2) is 7.65. The molecule has 0 radical (unpaired) electrons. The van der Waals surface area contributed by atoms with E-state index in [2.05, 4.69) is 0 Å². The van der Waals surface area contributed by atoms with Crippen LogP contribution in [0.5, 0.6) is 0 Å². The summed E-state index contributed by atoms with van der Waals surface area (Å²) >= 11 is 0. The number of benzene rings is 2. The van der Waals surface area contributed by atoms with Gasteiger partial charge in [0.05, 0.1) is 0 Å². The summed E-state index contributed by atoms with van der Waals surface area (Å²) in [7, 11) is 0. The van der Waals surface area contributed by atoms with E-state index in [-0.39, 0.29) is 11.1 Å². The second-order valence-corrected chi connectivity index (χ2v) is 5.45. The normalized spacial score (nSPS) is 12.0. The third kappa shape index (κ3) is 4.47. The summed E-state index contributed by atoms with van der Waals surface area (Å²) < 4.78 is 26.1. The SMILES string of the molecule is O=C(CC(c1ccc(F)cc1)C(C(=O)O)C(=O)O)c1ccc(F)cc1. The molecular weight excluding hydrogens is 334 g/mol. The van der Waals surface area contributed by atoms with Crippen molar-refractivity contribution < 1.29 is 33.4 Å². The van der Waals surface area contributed by atoms with Crippen molar-refractivity contribution in [2.24, 2.45) is 5.92 Å². The lowest BCUT2D eigenvalue weighted by Crippen LogP contribution is -2.31. The molecule has 0 saturated heterocycles. The van der Waals surface area contributed by atoms with Crippen molar-refractivity contribution in [2.75, 3.05) is 0 Å². The minimum Gasteiger partial charge on any atom is -0.481 e. The van der Waals surface area contributed by atoms with Gasteiger partial charge < -0.3 is 10.2 Å². The third-order valence-corrected chi connectivity index (χ3v) is 3.80. The molecule has 5 nitrogen and oxygen atoms in total. The van der Waals surface area contributed by atoms with Gasteiger partial charge in [-0.15, -0.1) is 0 Å². The fraction of sp³-hybridized carbons (Fsp3) is 0.167. The Morgan fingerprint density at radius 1 is 0.800 bits per heavy atom. The molecule has 2 aromatic carbocycles. The Morgan fingerprint density at radius 2 is 1.24 bits per heavy atom. The van der Waals surface area contributed by atoms with Crippen LogP contribution in [0.1, 0.15) is 28.3 Å². The zero-order valence-electron chi connectivity index (χ0n) is 12.9. The number of hydrogen-bond donors (Lipinski definition) is 2. The lowest BCUT2D eigenvalue weighted by atomic mass is 9.81. The minimum absolute atomic E-state index is 0.128. The Hall–Kier alpha value is -3.09. The number of carbonyl (C=O) groups excluding carboxylic acids is 1. The van der Waals surface area contributed by atoms with Crippen LogP contribution in [0.3, 0.4) is 0 Å². The number of aliphatic carboxylic acids is 2. The molecule has 0 aliphatic rings. The van der Waals surface area contributed by atoms with Crippen LogP contribution in [0.15, 0.2) is 48.5 Å². The van der Waals surface area contributed by atoms with E-state index in [1.807, 2.05) is 0 Å². The highest BCUT2D eigenvalue weighted by molar-refractivity contribution is 5.99. The highest BCUT2D eigenvalue weighted by Gasteiger charge is 2.37. The first-order chi connectivity index (χ1) is 11.8. The number of carboxylic acids is 2. The molecule has 0 fully saturated rings. The second-order valence-electron chi connectivity index (χ2n) is 5.45. The van der Waals surface area contributed by atoms with Crippen LogP contribution in [0.4, 0.5) is 8.78 Å². The number of hydrogen-bond acceptors (Lipinski definition) is 3. The van der Waals surface area contributed by atoms with Crippen molar-refractivity contribution in [2.45, 2.75) is 12.3 Å². The maximum atomic E-state index is 13.1. The van der Waals surface area contributed by atoms with Gasteiger partial charge >= 0.3 is 11.9 Å². The molecule has 1 atom stereocenters.